The molecule has 0 spiro atoms. The van der Waals surface area contributed by atoms with E-state index in [1.165, 1.54) is 5.56 Å². The van der Waals surface area contributed by atoms with Crippen molar-refractivity contribution in [3.05, 3.63) is 72.6 Å². The van der Waals surface area contributed by atoms with E-state index in [0.29, 0.717) is 0 Å². The molecule has 0 bridgehead atoms. The normalized spacial score (nSPS) is 9.18. The van der Waals surface area contributed by atoms with Gasteiger partial charge in [0.1, 0.15) is 0 Å². The van der Waals surface area contributed by atoms with Crippen LogP contribution in [0.25, 0.3) is 0 Å². The van der Waals surface area contributed by atoms with E-state index in [0.717, 1.165) is 19.6 Å². The first kappa shape index (κ1) is 22.0. The molecule has 2 rings (SSSR count). The summed E-state index contributed by atoms with van der Waals surface area (Å²) in [7, 11) is 14.9. The van der Waals surface area contributed by atoms with E-state index in [2.05, 4.69) is 55.5 Å². The predicted molar refractivity (Wildman–Crippen MR) is 97.2 cm³/mol. The minimum absolute atomic E-state index is 1.05. The number of benzene rings is 1. The van der Waals surface area contributed by atoms with Crippen molar-refractivity contribution in [3.63, 3.8) is 0 Å². The molecular weight excluding hydrogens is 372 g/mol. The maximum Gasteiger partial charge on any atom is -0.172 e. The maximum absolute atomic E-state index is 4.97. The zero-order valence-electron chi connectivity index (χ0n) is 13.1. The van der Waals surface area contributed by atoms with Crippen LogP contribution >= 0.6 is 27.9 Å². The first-order valence-corrected chi connectivity index (χ1v) is 13.6. The fourth-order valence-corrected chi connectivity index (χ4v) is 1.63. The average molecular weight is 396 g/mol. The van der Waals surface area contributed by atoms with Gasteiger partial charge in [0.15, 0.2) is 0 Å². The Hall–Kier alpha value is -0.0157. The molecule has 0 aliphatic heterocycles. The maximum atomic E-state index is 4.97. The number of rotatable bonds is 5. The number of halogens is 3. The molecule has 0 aliphatic rings. The van der Waals surface area contributed by atoms with Crippen LogP contribution in [0.2, 0.25) is 0 Å². The summed E-state index contributed by atoms with van der Waals surface area (Å²) < 4.78 is 0. The Balaban J connectivity index is 0.000000400. The number of hydrogen-bond acceptors (Lipinski definition) is 1. The monoisotopic (exact) mass is 394 g/mol. The zero-order chi connectivity index (χ0) is 16.6. The Morgan fingerprint density at radius 1 is 0.955 bits per heavy atom. The molecule has 0 radical (unpaired) electrons. The summed E-state index contributed by atoms with van der Waals surface area (Å²) in [5, 5.41) is 0. The van der Waals surface area contributed by atoms with Crippen LogP contribution in [0.5, 0.6) is 0 Å². The van der Waals surface area contributed by atoms with Gasteiger partial charge in [-0.15, -0.1) is 12.1 Å². The Morgan fingerprint density at radius 3 is 1.82 bits per heavy atom. The molecule has 0 amide bonds. The molecule has 0 heterocycles. The third-order valence-corrected chi connectivity index (χ3v) is 2.83. The van der Waals surface area contributed by atoms with Crippen LogP contribution in [0.1, 0.15) is 19.4 Å². The smallest absolute Gasteiger partial charge is 0.172 e. The first-order valence-electron chi connectivity index (χ1n) is 7.20. The average Bonchev–Trinajstić information content (AvgIpc) is 3.08. The van der Waals surface area contributed by atoms with Crippen LogP contribution in [0.3, 0.4) is 0 Å². The van der Waals surface area contributed by atoms with Crippen molar-refractivity contribution in [1.29, 1.82) is 0 Å². The molecule has 0 N–H and O–H groups in total. The quantitative estimate of drug-likeness (QED) is 0.440. The number of nitrogens with zero attached hydrogens (tertiary/aromatic N) is 1. The first-order chi connectivity index (χ1) is 10.6. The van der Waals surface area contributed by atoms with Gasteiger partial charge in [-0.3, -0.25) is 0 Å². The van der Waals surface area contributed by atoms with Gasteiger partial charge < -0.3 is 4.90 Å². The zero-order valence-corrected chi connectivity index (χ0v) is 16.9. The van der Waals surface area contributed by atoms with Gasteiger partial charge in [-0.2, -0.15) is 42.3 Å². The second-order valence-corrected chi connectivity index (χ2v) is 12.0. The molecular formula is C17H23Cl3NTi-2. The summed E-state index contributed by atoms with van der Waals surface area (Å²) in [6.07, 6.45) is 2.27. The Morgan fingerprint density at radius 2 is 1.45 bits per heavy atom. The van der Waals surface area contributed by atoms with Crippen LogP contribution in [0.4, 0.5) is 0 Å². The van der Waals surface area contributed by atoms with E-state index in [-0.39, 0.29) is 0 Å². The molecule has 5 heteroatoms. The molecule has 1 nitrogen and oxygen atoms in total. The van der Waals surface area contributed by atoms with Gasteiger partial charge in [-0.05, 0) is 19.6 Å². The van der Waals surface area contributed by atoms with Gasteiger partial charge >= 0.3 is 42.6 Å². The third-order valence-electron chi connectivity index (χ3n) is 2.83. The van der Waals surface area contributed by atoms with Crippen molar-refractivity contribution >= 4 is 27.9 Å². The number of hydrogen-bond donors (Lipinski definition) is 0. The summed E-state index contributed by atoms with van der Waals surface area (Å²) in [5.74, 6) is 0. The van der Waals surface area contributed by atoms with Crippen LogP contribution < -0.4 is 0 Å². The van der Waals surface area contributed by atoms with E-state index >= 15 is 0 Å². The van der Waals surface area contributed by atoms with Crippen molar-refractivity contribution in [2.24, 2.45) is 0 Å². The van der Waals surface area contributed by atoms with Crippen molar-refractivity contribution in [3.8, 4) is 0 Å². The summed E-state index contributed by atoms with van der Waals surface area (Å²) in [4.78, 5) is 2.40. The van der Waals surface area contributed by atoms with Gasteiger partial charge in [0, 0.05) is 0 Å². The van der Waals surface area contributed by atoms with Crippen LogP contribution in [0.15, 0.2) is 60.7 Å². The van der Waals surface area contributed by atoms with E-state index in [1.807, 2.05) is 30.3 Å². The SMILES string of the molecule is CCN(CC)C[CH-]c1ccccc1.[Cl][Ti]([Cl])[Cl].c1cc[cH-]c1. The minimum atomic E-state index is -1.92. The van der Waals surface area contributed by atoms with Gasteiger partial charge in [-0.1, -0.05) is 19.9 Å². The molecule has 0 unspecified atom stereocenters. The molecule has 0 fully saturated rings. The molecule has 0 aromatic heterocycles. The van der Waals surface area contributed by atoms with Gasteiger partial charge in [0.25, 0.3) is 0 Å². The van der Waals surface area contributed by atoms with E-state index in [9.17, 15) is 0 Å². The largest absolute Gasteiger partial charge is 0.214 e. The fraction of sp³-hybridized carbons (Fsp3) is 0.294. The van der Waals surface area contributed by atoms with Crippen molar-refractivity contribution in [1.82, 2.24) is 4.90 Å². The summed E-state index contributed by atoms with van der Waals surface area (Å²) in [6, 6.07) is 20.5. The third kappa shape index (κ3) is 14.9. The fourth-order valence-electron chi connectivity index (χ4n) is 1.63. The molecule has 22 heavy (non-hydrogen) atoms. The molecule has 2 aromatic carbocycles. The van der Waals surface area contributed by atoms with Crippen molar-refractivity contribution < 1.29 is 14.7 Å². The van der Waals surface area contributed by atoms with E-state index in [4.69, 9.17) is 27.9 Å². The minimum Gasteiger partial charge on any atom is -0.214 e. The second-order valence-electron chi connectivity index (χ2n) is 4.28. The van der Waals surface area contributed by atoms with Crippen LogP contribution in [0, 0.1) is 6.42 Å². The Kier molecular flexibility index (Phi) is 15.9. The van der Waals surface area contributed by atoms with E-state index in [1.54, 1.807) is 0 Å². The number of likely N-dealkylation sites (N-methyl/N-ethyl adjacent to an activating group) is 1. The Labute approximate surface area is 153 Å². The second kappa shape index (κ2) is 15.9. The predicted octanol–water partition coefficient (Wildman–Crippen LogP) is 6.05. The summed E-state index contributed by atoms with van der Waals surface area (Å²) in [6.45, 7) is 7.70. The molecule has 0 saturated heterocycles. The van der Waals surface area contributed by atoms with Crippen molar-refractivity contribution in [2.45, 2.75) is 13.8 Å². The van der Waals surface area contributed by atoms with Gasteiger partial charge in [-0.25, -0.2) is 12.1 Å². The molecule has 0 aliphatic carbocycles. The molecule has 0 saturated carbocycles. The molecule has 123 valence electrons. The van der Waals surface area contributed by atoms with Crippen LogP contribution in [-0.2, 0) is 14.7 Å². The topological polar surface area (TPSA) is 3.24 Å². The molecule has 2 aromatic rings. The van der Waals surface area contributed by atoms with E-state index < -0.39 is 14.7 Å². The molecule has 0 atom stereocenters. The summed E-state index contributed by atoms with van der Waals surface area (Å²) >= 11 is -1.92. The standard InChI is InChI=1S/C12H18N.C5H5.3ClH.Ti/c1-3-13(4-2)11-10-12-8-6-5-7-9-12;1-2-4-5-3-1;;;;/h5-10H,3-4,11H2,1-2H3;1-5H;3*1H;/q2*-1;;;;+3/p-3. The summed E-state index contributed by atoms with van der Waals surface area (Å²) in [5.41, 5.74) is 1.31. The van der Waals surface area contributed by atoms with Gasteiger partial charge in [0.05, 0.1) is 0 Å². The van der Waals surface area contributed by atoms with Crippen molar-refractivity contribution in [2.75, 3.05) is 19.6 Å². The Bertz CT molecular complexity index is 397. The van der Waals surface area contributed by atoms with Crippen LogP contribution in [-0.4, -0.2) is 24.5 Å². The van der Waals surface area contributed by atoms with Gasteiger partial charge in [0.2, 0.25) is 0 Å².